The third-order valence-electron chi connectivity index (χ3n) is 6.27. The zero-order valence-corrected chi connectivity index (χ0v) is 33.1. The molecule has 1 unspecified atom stereocenters. The van der Waals surface area contributed by atoms with Crippen molar-refractivity contribution in [3.05, 3.63) is 50.8 Å². The SMILES string of the molecule is CC(C)(C)[NH-].CC1=C(C)C([Si](C)(C)NC(C)(C)C)C(C)=C1C.CC1=[C-]C(C)C(C)=C1C.C[SiH2]C.[Cl][Ti][Cl]. The Kier molecular flexibility index (Phi) is 21.5. The van der Waals surface area contributed by atoms with Crippen LogP contribution in [0.15, 0.2) is 39.0 Å². The van der Waals surface area contributed by atoms with Crippen LogP contribution < -0.4 is 4.98 Å². The Morgan fingerprint density at radius 1 is 0.811 bits per heavy atom. The van der Waals surface area contributed by atoms with E-state index in [4.69, 9.17) is 24.3 Å². The molecule has 0 aromatic carbocycles. The quantitative estimate of drug-likeness (QED) is 0.241. The van der Waals surface area contributed by atoms with Gasteiger partial charge in [0.1, 0.15) is 8.24 Å². The van der Waals surface area contributed by atoms with Crippen LogP contribution in [0.5, 0.6) is 0 Å². The van der Waals surface area contributed by atoms with E-state index in [1.54, 1.807) is 11.1 Å². The maximum absolute atomic E-state index is 6.94. The zero-order chi connectivity index (χ0) is 30.5. The summed E-state index contributed by atoms with van der Waals surface area (Å²) in [7, 11) is 8.71. The van der Waals surface area contributed by atoms with Crippen molar-refractivity contribution in [3.8, 4) is 0 Å². The molecule has 0 fully saturated rings. The maximum atomic E-state index is 6.94. The molecule has 0 saturated carbocycles. The van der Waals surface area contributed by atoms with E-state index in [9.17, 15) is 0 Å². The van der Waals surface area contributed by atoms with Gasteiger partial charge >= 0.3 is 35.6 Å². The van der Waals surface area contributed by atoms with Gasteiger partial charge in [0.15, 0.2) is 0 Å². The number of halogens is 2. The Bertz CT molecular complexity index is 782. The third-order valence-corrected chi connectivity index (χ3v) is 9.97. The van der Waals surface area contributed by atoms with E-state index < -0.39 is 25.3 Å². The molecule has 218 valence electrons. The van der Waals surface area contributed by atoms with Crippen molar-refractivity contribution in [2.45, 2.75) is 140 Å². The van der Waals surface area contributed by atoms with Gasteiger partial charge in [-0.25, -0.2) is 5.57 Å². The van der Waals surface area contributed by atoms with Gasteiger partial charge in [-0.05, 0) is 59.6 Å². The van der Waals surface area contributed by atoms with Crippen molar-refractivity contribution in [2.75, 3.05) is 0 Å². The molecule has 2 N–H and O–H groups in total. The Morgan fingerprint density at radius 2 is 1.11 bits per heavy atom. The van der Waals surface area contributed by atoms with Gasteiger partial charge in [-0.1, -0.05) is 84.8 Å². The van der Waals surface area contributed by atoms with E-state index in [0.717, 1.165) is 0 Å². The van der Waals surface area contributed by atoms with Crippen molar-refractivity contribution in [1.29, 1.82) is 0 Å². The fourth-order valence-corrected chi connectivity index (χ4v) is 9.31. The minimum atomic E-state index is -1.48. The molecule has 0 bridgehead atoms. The van der Waals surface area contributed by atoms with Gasteiger partial charge in [-0.3, -0.25) is 6.08 Å². The minimum absolute atomic E-state index is 0.209. The first-order chi connectivity index (χ1) is 16.4. The number of hydrogen-bond acceptors (Lipinski definition) is 1. The molecule has 0 aromatic heterocycles. The van der Waals surface area contributed by atoms with Gasteiger partial charge in [0.25, 0.3) is 0 Å². The second-order valence-corrected chi connectivity index (χ2v) is 21.2. The Morgan fingerprint density at radius 3 is 1.27 bits per heavy atom. The monoisotopic (exact) mass is 622 g/mol. The van der Waals surface area contributed by atoms with Crippen LogP contribution in [0.3, 0.4) is 0 Å². The second-order valence-electron chi connectivity index (χ2n) is 13.0. The van der Waals surface area contributed by atoms with Crippen LogP contribution in [0.1, 0.15) is 96.9 Å². The van der Waals surface area contributed by atoms with E-state index >= 15 is 0 Å². The first-order valence-electron chi connectivity index (χ1n) is 13.6. The van der Waals surface area contributed by atoms with E-state index in [1.165, 1.54) is 27.9 Å². The summed E-state index contributed by atoms with van der Waals surface area (Å²) in [5, 5.41) is 0. The van der Waals surface area contributed by atoms with Gasteiger partial charge in [-0.2, -0.15) is 11.1 Å². The molecule has 0 amide bonds. The van der Waals surface area contributed by atoms with E-state index in [-0.39, 0.29) is 11.1 Å². The Hall–Kier alpha value is 0.608. The Balaban J connectivity index is -0.000000481. The van der Waals surface area contributed by atoms with E-state index in [2.05, 4.69) is 113 Å². The summed E-state index contributed by atoms with van der Waals surface area (Å²) in [4.78, 5) is 3.91. The predicted molar refractivity (Wildman–Crippen MR) is 177 cm³/mol. The normalized spacial score (nSPS) is 18.1. The molecule has 1 atom stereocenters. The van der Waals surface area contributed by atoms with Crippen molar-refractivity contribution >= 4 is 36.4 Å². The van der Waals surface area contributed by atoms with Crippen LogP contribution in [0.4, 0.5) is 0 Å². The summed E-state index contributed by atoms with van der Waals surface area (Å²) in [6, 6.07) is 0. The summed E-state index contributed by atoms with van der Waals surface area (Å²) in [6.07, 6.45) is 3.36. The molecule has 0 spiro atoms. The van der Waals surface area contributed by atoms with E-state index in [1.807, 2.05) is 20.8 Å². The molecular weight excluding hydrogens is 563 g/mol. The van der Waals surface area contributed by atoms with Crippen molar-refractivity contribution in [2.24, 2.45) is 5.92 Å². The van der Waals surface area contributed by atoms with Crippen molar-refractivity contribution < 1.29 is 17.0 Å². The summed E-state index contributed by atoms with van der Waals surface area (Å²) < 4.78 is 0. The summed E-state index contributed by atoms with van der Waals surface area (Å²) in [6.45, 7) is 39.7. The molecule has 0 aromatic rings. The second kappa shape index (κ2) is 18.9. The predicted octanol–water partition coefficient (Wildman–Crippen LogP) is 10.8. The standard InChI is InChI=1S/C15H29NSi.C9H13.C4H10N.C2H8Si.2ClH.Ti/c1-10-11(2)13(4)14(12(10)3)17(8,9)16-15(5,6)7;1-6-5-7(2)9(4)8(6)3;1-4(2,3)5;1-3-2;;;/h14,16H,1-9H3;6H,1-4H3;5H,1-3H3;3H2,1-2H3;2*1H;/q;2*-1;;;;+2/p-2. The van der Waals surface area contributed by atoms with Gasteiger partial charge in [0.2, 0.25) is 0 Å². The molecular formula is C30H60Cl2N2Si2Ti-2. The molecule has 0 saturated heterocycles. The van der Waals surface area contributed by atoms with Crippen molar-refractivity contribution in [3.63, 3.8) is 0 Å². The molecule has 7 heteroatoms. The molecule has 2 rings (SSSR count). The molecule has 2 aliphatic carbocycles. The van der Waals surface area contributed by atoms with Gasteiger partial charge in [0, 0.05) is 20.6 Å². The van der Waals surface area contributed by atoms with Crippen LogP contribution in [0.2, 0.25) is 31.7 Å². The third kappa shape index (κ3) is 18.6. The van der Waals surface area contributed by atoms with Crippen molar-refractivity contribution in [1.82, 2.24) is 4.98 Å². The molecule has 37 heavy (non-hydrogen) atoms. The van der Waals surface area contributed by atoms with Gasteiger partial charge in [0.05, 0.1) is 0 Å². The molecule has 0 radical (unpaired) electrons. The number of nitrogens with one attached hydrogen (secondary N) is 2. The van der Waals surface area contributed by atoms with Crippen LogP contribution in [-0.2, 0) is 17.0 Å². The van der Waals surface area contributed by atoms with Crippen LogP contribution in [-0.4, -0.2) is 28.8 Å². The molecule has 0 aliphatic heterocycles. The molecule has 2 aliphatic rings. The average Bonchev–Trinajstić information content (AvgIpc) is 3.02. The first kappa shape index (κ1) is 42.1. The summed E-state index contributed by atoms with van der Waals surface area (Å²) in [5.41, 5.74) is 18.0. The molecule has 2 nitrogen and oxygen atoms in total. The zero-order valence-electron chi connectivity index (χ0n) is 27.6. The first-order valence-corrected chi connectivity index (χ1v) is 23.8. The number of rotatable bonds is 2. The summed E-state index contributed by atoms with van der Waals surface area (Å²) in [5.74, 6) is 0.560. The summed E-state index contributed by atoms with van der Waals surface area (Å²) >= 11 is -0.556. The van der Waals surface area contributed by atoms with Crippen LogP contribution in [0, 0.1) is 12.0 Å². The van der Waals surface area contributed by atoms with Gasteiger partial charge in [-0.15, -0.1) is 12.5 Å². The topological polar surface area (TPSA) is 35.8 Å². The van der Waals surface area contributed by atoms with Crippen LogP contribution in [0.25, 0.3) is 5.73 Å². The van der Waals surface area contributed by atoms with E-state index in [0.29, 0.717) is 21.0 Å². The Labute approximate surface area is 253 Å². The number of allylic oxidation sites excluding steroid dienone is 8. The fraction of sp³-hybridized carbons (Fsp3) is 0.733. The number of hydrogen-bond donors (Lipinski definition) is 1. The van der Waals surface area contributed by atoms with Gasteiger partial charge < -0.3 is 10.7 Å². The molecule has 0 heterocycles. The average molecular weight is 624 g/mol. The fourth-order valence-electron chi connectivity index (χ4n) is 4.63. The van der Waals surface area contributed by atoms with Crippen LogP contribution >= 0.6 is 18.6 Å².